The Morgan fingerprint density at radius 3 is 1.92 bits per heavy atom. The Bertz CT molecular complexity index is 291. The van der Waals surface area contributed by atoms with E-state index < -0.39 is 17.5 Å². The molecule has 0 bridgehead atoms. The fourth-order valence-electron chi connectivity index (χ4n) is 0.878. The number of hydrogen-bond donors (Lipinski definition) is 0. The van der Waals surface area contributed by atoms with Crippen molar-refractivity contribution in [3.8, 4) is 0 Å². The minimum atomic E-state index is -1.41. The third-order valence-corrected chi connectivity index (χ3v) is 2.33. The fourth-order valence-corrected chi connectivity index (χ4v) is 1.78. The van der Waals surface area contributed by atoms with Gasteiger partial charge in [-0.25, -0.2) is 13.2 Å². The number of hydrogen-bond acceptors (Lipinski definition) is 1. The monoisotopic (exact) mass is 207 g/mol. The molecule has 0 aliphatic carbocycles. The summed E-state index contributed by atoms with van der Waals surface area (Å²) in [6, 6.07) is 2.02. The van der Waals surface area contributed by atoms with Crippen LogP contribution in [0, 0.1) is 17.5 Å². The highest BCUT2D eigenvalue weighted by atomic mass is 31.1. The van der Waals surface area contributed by atoms with Crippen LogP contribution in [0.1, 0.15) is 0 Å². The van der Waals surface area contributed by atoms with Gasteiger partial charge in [0.1, 0.15) is 0 Å². The van der Waals surface area contributed by atoms with Crippen LogP contribution in [0.15, 0.2) is 12.1 Å². The van der Waals surface area contributed by atoms with E-state index in [-0.39, 0.29) is 8.73 Å². The Labute approximate surface area is 76.4 Å². The van der Waals surface area contributed by atoms with E-state index in [1.54, 1.807) is 18.8 Å². The second kappa shape index (κ2) is 4.07. The lowest BCUT2D eigenvalue weighted by molar-refractivity contribution is 0.448. The first-order valence-corrected chi connectivity index (χ1v) is 4.54. The van der Waals surface area contributed by atoms with Crippen molar-refractivity contribution in [3.05, 3.63) is 29.6 Å². The molecule has 0 saturated heterocycles. The quantitative estimate of drug-likeness (QED) is 0.528. The van der Waals surface area contributed by atoms with E-state index in [0.717, 1.165) is 12.1 Å². The zero-order valence-corrected chi connectivity index (χ0v) is 8.24. The van der Waals surface area contributed by atoms with Gasteiger partial charge in [-0.15, -0.1) is 0 Å². The summed E-state index contributed by atoms with van der Waals surface area (Å²) in [4.78, 5) is 0. The lowest BCUT2D eigenvalue weighted by Gasteiger charge is -2.09. The molecule has 0 fully saturated rings. The number of benzene rings is 1. The van der Waals surface area contributed by atoms with Crippen molar-refractivity contribution in [2.75, 3.05) is 14.1 Å². The van der Waals surface area contributed by atoms with E-state index in [9.17, 15) is 13.2 Å². The molecular formula is C8H9F3NP. The van der Waals surface area contributed by atoms with Gasteiger partial charge < -0.3 is 0 Å². The van der Waals surface area contributed by atoms with Crippen molar-refractivity contribution in [1.29, 1.82) is 0 Å². The Hall–Kier alpha value is -0.600. The molecule has 0 aromatic heterocycles. The van der Waals surface area contributed by atoms with Crippen LogP contribution in [-0.2, 0) is 0 Å². The van der Waals surface area contributed by atoms with Crippen LogP contribution in [0.2, 0.25) is 0 Å². The van der Waals surface area contributed by atoms with Crippen molar-refractivity contribution in [3.63, 3.8) is 0 Å². The maximum absolute atomic E-state index is 12.7. The van der Waals surface area contributed by atoms with Crippen molar-refractivity contribution >= 4 is 14.0 Å². The second-order valence-electron chi connectivity index (χ2n) is 2.76. The predicted molar refractivity (Wildman–Crippen MR) is 48.0 cm³/mol. The summed E-state index contributed by atoms with van der Waals surface area (Å²) in [5, 5.41) is 0.446. The maximum Gasteiger partial charge on any atom is 0.194 e. The lowest BCUT2D eigenvalue weighted by Crippen LogP contribution is -2.09. The molecule has 13 heavy (non-hydrogen) atoms. The molecule has 0 heterocycles. The van der Waals surface area contributed by atoms with Gasteiger partial charge in [0, 0.05) is 0 Å². The number of halogens is 3. The largest absolute Gasteiger partial charge is 0.287 e. The lowest BCUT2D eigenvalue weighted by atomic mass is 10.3. The summed E-state index contributed by atoms with van der Waals surface area (Å²) in [6.45, 7) is 0. The van der Waals surface area contributed by atoms with Crippen LogP contribution >= 0.6 is 8.73 Å². The van der Waals surface area contributed by atoms with Crippen LogP contribution < -0.4 is 5.30 Å². The van der Waals surface area contributed by atoms with Crippen LogP contribution in [0.25, 0.3) is 0 Å². The van der Waals surface area contributed by atoms with E-state index in [1.807, 2.05) is 0 Å². The molecule has 0 saturated carbocycles. The molecular weight excluding hydrogens is 198 g/mol. The van der Waals surface area contributed by atoms with Crippen molar-refractivity contribution in [2.24, 2.45) is 0 Å². The first-order valence-electron chi connectivity index (χ1n) is 3.59. The first kappa shape index (κ1) is 10.5. The Balaban J connectivity index is 2.99. The van der Waals surface area contributed by atoms with Gasteiger partial charge in [0.25, 0.3) is 0 Å². The topological polar surface area (TPSA) is 3.24 Å². The molecule has 1 aromatic carbocycles. The van der Waals surface area contributed by atoms with Gasteiger partial charge in [0.15, 0.2) is 17.5 Å². The van der Waals surface area contributed by atoms with Gasteiger partial charge in [-0.1, -0.05) is 0 Å². The van der Waals surface area contributed by atoms with Gasteiger partial charge in [0.05, 0.1) is 0 Å². The summed E-state index contributed by atoms with van der Waals surface area (Å²) < 4.78 is 39.6. The van der Waals surface area contributed by atoms with Crippen molar-refractivity contribution in [2.45, 2.75) is 0 Å². The summed E-state index contributed by atoms with van der Waals surface area (Å²) in [5.41, 5.74) is 0. The molecule has 1 rings (SSSR count). The highest BCUT2D eigenvalue weighted by molar-refractivity contribution is 7.44. The summed E-state index contributed by atoms with van der Waals surface area (Å²) in [6.07, 6.45) is 0. The van der Waals surface area contributed by atoms with E-state index in [4.69, 9.17) is 0 Å². The van der Waals surface area contributed by atoms with Gasteiger partial charge in [-0.2, -0.15) is 0 Å². The minimum Gasteiger partial charge on any atom is -0.287 e. The molecule has 5 heteroatoms. The van der Waals surface area contributed by atoms with Gasteiger partial charge in [0.2, 0.25) is 0 Å². The standard InChI is InChI=1S/C8H9F3NP/c1-12(2)13-5-3-6(9)8(11)7(10)4-5/h3-4,13H,1-2H3. The molecule has 1 unspecified atom stereocenters. The number of rotatable bonds is 2. The molecule has 0 N–H and O–H groups in total. The fraction of sp³-hybridized carbons (Fsp3) is 0.250. The average Bonchev–Trinajstić information content (AvgIpc) is 1.98. The summed E-state index contributed by atoms with van der Waals surface area (Å²) in [5.74, 6) is -3.68. The zero-order valence-electron chi connectivity index (χ0n) is 7.24. The van der Waals surface area contributed by atoms with Gasteiger partial charge in [-0.3, -0.25) is 4.67 Å². The third kappa shape index (κ3) is 2.68. The van der Waals surface area contributed by atoms with E-state index in [1.165, 1.54) is 0 Å². The summed E-state index contributed by atoms with van der Waals surface area (Å²) >= 11 is 0. The smallest absolute Gasteiger partial charge is 0.194 e. The molecule has 1 aromatic rings. The summed E-state index contributed by atoms with van der Waals surface area (Å²) in [7, 11) is 3.69. The molecule has 0 aliphatic rings. The molecule has 1 atom stereocenters. The third-order valence-electron chi connectivity index (χ3n) is 1.34. The van der Waals surface area contributed by atoms with Gasteiger partial charge >= 0.3 is 0 Å². The molecule has 1 nitrogen and oxygen atoms in total. The van der Waals surface area contributed by atoms with Gasteiger partial charge in [-0.05, 0) is 40.3 Å². The zero-order chi connectivity index (χ0) is 10.0. The second-order valence-corrected chi connectivity index (χ2v) is 4.46. The molecule has 0 aliphatic heterocycles. The van der Waals surface area contributed by atoms with Crippen LogP contribution in [0.3, 0.4) is 0 Å². The van der Waals surface area contributed by atoms with Crippen LogP contribution in [0.5, 0.6) is 0 Å². The maximum atomic E-state index is 12.7. The highest BCUT2D eigenvalue weighted by Gasteiger charge is 2.10. The molecule has 0 amide bonds. The Kier molecular flexibility index (Phi) is 3.28. The normalized spacial score (nSPS) is 11.8. The van der Waals surface area contributed by atoms with E-state index >= 15 is 0 Å². The molecule has 72 valence electrons. The van der Waals surface area contributed by atoms with Crippen LogP contribution in [-0.4, -0.2) is 18.8 Å². The SMILES string of the molecule is CN(C)Pc1cc(F)c(F)c(F)c1. The minimum absolute atomic E-state index is 0.137. The van der Waals surface area contributed by atoms with E-state index in [0.29, 0.717) is 5.30 Å². The highest BCUT2D eigenvalue weighted by Crippen LogP contribution is 2.16. The first-order chi connectivity index (χ1) is 6.00. The van der Waals surface area contributed by atoms with Crippen molar-refractivity contribution < 1.29 is 13.2 Å². The average molecular weight is 207 g/mol. The van der Waals surface area contributed by atoms with Crippen LogP contribution in [0.4, 0.5) is 13.2 Å². The Morgan fingerprint density at radius 1 is 1.08 bits per heavy atom. The predicted octanol–water partition coefficient (Wildman–Crippen LogP) is 1.88. The number of nitrogens with zero attached hydrogens (tertiary/aromatic N) is 1. The Morgan fingerprint density at radius 2 is 1.54 bits per heavy atom. The molecule has 0 radical (unpaired) electrons. The molecule has 0 spiro atoms. The van der Waals surface area contributed by atoms with Crippen molar-refractivity contribution in [1.82, 2.24) is 4.67 Å². The van der Waals surface area contributed by atoms with E-state index in [2.05, 4.69) is 0 Å².